The van der Waals surface area contributed by atoms with Crippen molar-refractivity contribution >= 4 is 36.9 Å². The molecule has 0 bridgehead atoms. The molecule has 0 fully saturated rings. The van der Waals surface area contributed by atoms with Crippen LogP contribution in [0.1, 0.15) is 0 Å². The quantitative estimate of drug-likeness (QED) is 0.398. The van der Waals surface area contributed by atoms with Gasteiger partial charge in [-0.15, -0.1) is 9.24 Å². The Bertz CT molecular complexity index is 403. The van der Waals surface area contributed by atoms with Gasteiger partial charge in [0.15, 0.2) is 0 Å². The molecule has 0 heterocycles. The fourth-order valence-electron chi connectivity index (χ4n) is 1.21. The van der Waals surface area contributed by atoms with Gasteiger partial charge >= 0.3 is 35.2 Å². The zero-order valence-electron chi connectivity index (χ0n) is 7.52. The molecule has 1 unspecified atom stereocenters. The number of alkyl halides is 1. The van der Waals surface area contributed by atoms with Crippen LogP contribution in [0.25, 0.3) is 10.8 Å². The number of halogens is 1. The first-order chi connectivity index (χ1) is 6.77. The predicted molar refractivity (Wildman–Crippen MR) is 64.0 cm³/mol. The van der Waals surface area contributed by atoms with E-state index in [4.69, 9.17) is 11.6 Å². The molecule has 0 spiro atoms. The molecule has 0 saturated heterocycles. The first-order valence-electron chi connectivity index (χ1n) is 4.09. The van der Waals surface area contributed by atoms with Gasteiger partial charge in [-0.3, -0.25) is 0 Å². The second kappa shape index (κ2) is 6.54. The van der Waals surface area contributed by atoms with Crippen LogP contribution < -0.4 is 5.30 Å². The maximum atomic E-state index is 4.93. The van der Waals surface area contributed by atoms with Crippen molar-refractivity contribution in [3.63, 3.8) is 0 Å². The zero-order chi connectivity index (χ0) is 10.4. The molecule has 2 rings (SSSR count). The van der Waals surface area contributed by atoms with Gasteiger partial charge in [0.25, 0.3) is 0 Å². The van der Waals surface area contributed by atoms with Crippen molar-refractivity contribution in [3.05, 3.63) is 42.5 Å². The third-order valence-electron chi connectivity index (χ3n) is 1.77. The van der Waals surface area contributed by atoms with E-state index in [1.807, 2.05) is 0 Å². The predicted octanol–water partition coefficient (Wildman–Crippen LogP) is 3.07. The summed E-state index contributed by atoms with van der Waals surface area (Å²) in [6.45, 7) is 0. The van der Waals surface area contributed by atoms with E-state index >= 15 is 0 Å². The molecular formula is C11H11ClPPd. The van der Waals surface area contributed by atoms with Crippen LogP contribution in [-0.4, -0.2) is 4.35 Å². The van der Waals surface area contributed by atoms with Crippen molar-refractivity contribution in [2.75, 3.05) is 4.35 Å². The van der Waals surface area contributed by atoms with Crippen LogP contribution in [0.3, 0.4) is 0 Å². The van der Waals surface area contributed by atoms with Crippen LogP contribution in [0.5, 0.6) is 0 Å². The van der Waals surface area contributed by atoms with E-state index in [9.17, 15) is 0 Å². The number of fused-ring (bicyclic) bond motifs is 1. The van der Waals surface area contributed by atoms with E-state index in [1.165, 1.54) is 16.1 Å². The van der Waals surface area contributed by atoms with Crippen LogP contribution >= 0.6 is 20.8 Å². The molecule has 0 amide bonds. The van der Waals surface area contributed by atoms with Crippen molar-refractivity contribution in [3.8, 4) is 0 Å². The molecule has 3 heteroatoms. The fraction of sp³-hybridized carbons (Fsp3) is 0.0909. The smallest absolute Gasteiger partial charge is 0.0178 e. The van der Waals surface area contributed by atoms with Crippen molar-refractivity contribution in [1.82, 2.24) is 0 Å². The first kappa shape index (κ1) is 12.2. The van der Waals surface area contributed by atoms with Crippen LogP contribution in [0.2, 0.25) is 0 Å². The second-order valence-corrected chi connectivity index (χ2v) is 4.77. The standard InChI is InChI=1S/C10H9P.CH2Cl.Pd/c11-10-6-5-8-3-1-2-4-9(8)7-10;1-2;/h1-7H,11H2;1H2;. The summed E-state index contributed by atoms with van der Waals surface area (Å²) in [7, 11) is 2.70. The molecule has 0 aromatic heterocycles. The summed E-state index contributed by atoms with van der Waals surface area (Å²) in [5.74, 6) is 0. The van der Waals surface area contributed by atoms with Gasteiger partial charge < -0.3 is 0 Å². The van der Waals surface area contributed by atoms with Gasteiger partial charge in [-0.05, 0) is 22.1 Å². The Balaban J connectivity index is 0.000000293. The summed E-state index contributed by atoms with van der Waals surface area (Å²) in [5.41, 5.74) is 0. The summed E-state index contributed by atoms with van der Waals surface area (Å²) >= 11 is 7.64. The Morgan fingerprint density at radius 1 is 1.07 bits per heavy atom. The zero-order valence-corrected chi connectivity index (χ0v) is 11.0. The maximum Gasteiger partial charge on any atom is -0.0178 e. The third-order valence-corrected chi connectivity index (χ3v) is 2.13. The van der Waals surface area contributed by atoms with E-state index in [-0.39, 0.29) is 0 Å². The molecular weight excluding hydrogens is 305 g/mol. The van der Waals surface area contributed by atoms with E-state index in [1.54, 1.807) is 0 Å². The molecule has 2 aromatic carbocycles. The molecule has 77 valence electrons. The number of benzene rings is 2. The number of hydrogen-bond donors (Lipinski definition) is 0. The van der Waals surface area contributed by atoms with Crippen molar-refractivity contribution in [2.24, 2.45) is 0 Å². The van der Waals surface area contributed by atoms with Crippen LogP contribution in [-0.2, 0) is 19.2 Å². The van der Waals surface area contributed by atoms with Gasteiger partial charge in [0.05, 0.1) is 0 Å². The average molecular weight is 316 g/mol. The van der Waals surface area contributed by atoms with Crippen LogP contribution in [0.4, 0.5) is 0 Å². The minimum atomic E-state index is 0.572. The Hall–Kier alpha value is 0.0823. The molecule has 2 aromatic rings. The molecule has 1 atom stereocenters. The Morgan fingerprint density at radius 3 is 2.29 bits per heavy atom. The summed E-state index contributed by atoms with van der Waals surface area (Å²) in [5, 5.41) is 3.85. The first-order valence-corrected chi connectivity index (χ1v) is 6.31. The minimum absolute atomic E-state index is 0.572. The Labute approximate surface area is 103 Å². The van der Waals surface area contributed by atoms with Gasteiger partial charge in [-0.1, -0.05) is 36.4 Å². The van der Waals surface area contributed by atoms with Crippen LogP contribution in [0.15, 0.2) is 42.5 Å². The Morgan fingerprint density at radius 2 is 1.64 bits per heavy atom. The maximum absolute atomic E-state index is 4.93. The van der Waals surface area contributed by atoms with Crippen molar-refractivity contribution < 1.29 is 19.2 Å². The van der Waals surface area contributed by atoms with Crippen LogP contribution in [0, 0.1) is 0 Å². The van der Waals surface area contributed by atoms with Gasteiger partial charge in [0.2, 0.25) is 0 Å². The molecule has 0 N–H and O–H groups in total. The topological polar surface area (TPSA) is 0 Å². The molecule has 14 heavy (non-hydrogen) atoms. The monoisotopic (exact) mass is 315 g/mol. The SMILES string of the molecule is Cl[CH2][Pd].Pc1ccc2ccccc2c1. The largest absolute Gasteiger partial charge is 0.106 e. The number of hydrogen-bond acceptors (Lipinski definition) is 0. The minimum Gasteiger partial charge on any atom is -0.106 e. The average Bonchev–Trinajstić information content (AvgIpc) is 2.19. The second-order valence-electron chi connectivity index (χ2n) is 2.69. The molecule has 0 aliphatic rings. The number of rotatable bonds is 0. The van der Waals surface area contributed by atoms with Gasteiger partial charge in [-0.2, -0.15) is 0 Å². The molecule has 0 aliphatic heterocycles. The summed E-state index contributed by atoms with van der Waals surface area (Å²) in [4.78, 5) is 0. The molecule has 0 nitrogen and oxygen atoms in total. The summed E-state index contributed by atoms with van der Waals surface area (Å²) < 4.78 is 0.572. The van der Waals surface area contributed by atoms with Gasteiger partial charge in [-0.25, -0.2) is 0 Å². The van der Waals surface area contributed by atoms with E-state index in [2.05, 4.69) is 70.9 Å². The summed E-state index contributed by atoms with van der Waals surface area (Å²) in [6.07, 6.45) is 0. The van der Waals surface area contributed by atoms with Crippen molar-refractivity contribution in [1.29, 1.82) is 0 Å². The fourth-order valence-corrected chi connectivity index (χ4v) is 1.48. The van der Waals surface area contributed by atoms with E-state index < -0.39 is 0 Å². The molecule has 0 saturated carbocycles. The Kier molecular flexibility index (Phi) is 5.68. The normalized spacial score (nSPS) is 9.43. The summed E-state index contributed by atoms with van der Waals surface area (Å²) in [6, 6.07) is 14.8. The third kappa shape index (κ3) is 3.68. The van der Waals surface area contributed by atoms with Crippen molar-refractivity contribution in [2.45, 2.75) is 0 Å². The van der Waals surface area contributed by atoms with E-state index in [0.717, 1.165) is 0 Å². The van der Waals surface area contributed by atoms with E-state index in [0.29, 0.717) is 4.35 Å². The van der Waals surface area contributed by atoms with Gasteiger partial charge in [0, 0.05) is 0 Å². The molecule has 0 aliphatic carbocycles. The molecule has 0 radical (unpaired) electrons. The van der Waals surface area contributed by atoms with Gasteiger partial charge in [0.1, 0.15) is 0 Å².